The van der Waals surface area contributed by atoms with Crippen LogP contribution in [0.25, 0.3) is 17.2 Å². The van der Waals surface area contributed by atoms with Crippen molar-refractivity contribution in [3.63, 3.8) is 0 Å². The maximum absolute atomic E-state index is 12.5. The maximum atomic E-state index is 12.5. The van der Waals surface area contributed by atoms with E-state index >= 15 is 0 Å². The van der Waals surface area contributed by atoms with Gasteiger partial charge < -0.3 is 20.0 Å². The van der Waals surface area contributed by atoms with Crippen LogP contribution < -0.4 is 10.4 Å². The van der Waals surface area contributed by atoms with Gasteiger partial charge in [-0.1, -0.05) is 72.8 Å². The number of allylic oxidation sites excluding steroid dienone is 1. The van der Waals surface area contributed by atoms with Crippen molar-refractivity contribution < 1.29 is 19.4 Å². The minimum absolute atomic E-state index is 0.0740. The molecule has 0 spiro atoms. The van der Waals surface area contributed by atoms with E-state index in [0.717, 1.165) is 11.1 Å². The zero-order valence-corrected chi connectivity index (χ0v) is 15.3. The first kappa shape index (κ1) is 18.3. The number of hydrogen-bond donors (Lipinski definition) is 1. The van der Waals surface area contributed by atoms with Gasteiger partial charge in [0.25, 0.3) is 0 Å². The number of ketones is 1. The highest BCUT2D eigenvalue weighted by Gasteiger charge is 2.31. The Labute approximate surface area is 167 Å². The van der Waals surface area contributed by atoms with Gasteiger partial charge in [-0.05, 0) is 34.9 Å². The number of para-hydroxylation sites is 1. The largest absolute Gasteiger partial charge is 0.544 e. The number of Topliss-reactive ketones (excluding diaryl/α,β-unsaturated/α-hetero) is 1. The van der Waals surface area contributed by atoms with Crippen molar-refractivity contribution in [1.29, 1.82) is 0 Å². The third-order valence-electron chi connectivity index (χ3n) is 4.44. The fourth-order valence-electron chi connectivity index (χ4n) is 3.01. The Morgan fingerprint density at radius 1 is 0.828 bits per heavy atom. The quantitative estimate of drug-likeness (QED) is 0.541. The predicted octanol–water partition coefficient (Wildman–Crippen LogP) is 3.37. The third kappa shape index (κ3) is 3.94. The molecule has 4 rings (SSSR count). The van der Waals surface area contributed by atoms with Gasteiger partial charge in [0.1, 0.15) is 5.57 Å². The van der Waals surface area contributed by atoms with E-state index in [9.17, 15) is 14.7 Å². The van der Waals surface area contributed by atoms with Crippen molar-refractivity contribution >= 4 is 23.5 Å². The lowest BCUT2D eigenvalue weighted by molar-refractivity contribution is -0.298. The maximum Gasteiger partial charge on any atom is 0.235 e. The second kappa shape index (κ2) is 7.86. The van der Waals surface area contributed by atoms with Crippen molar-refractivity contribution in [2.75, 3.05) is 5.32 Å². The van der Waals surface area contributed by atoms with Crippen LogP contribution in [0.4, 0.5) is 5.69 Å². The lowest BCUT2D eigenvalue weighted by Gasteiger charge is -2.09. The van der Waals surface area contributed by atoms with E-state index in [-0.39, 0.29) is 11.6 Å². The second-order valence-corrected chi connectivity index (χ2v) is 6.41. The zero-order chi connectivity index (χ0) is 20.2. The van der Waals surface area contributed by atoms with Gasteiger partial charge in [0.2, 0.25) is 11.7 Å². The first-order valence-corrected chi connectivity index (χ1v) is 8.99. The molecule has 142 valence electrons. The Morgan fingerprint density at radius 3 is 2.03 bits per heavy atom. The number of nitrogens with one attached hydrogen (secondary N) is 1. The molecular formula is C24H16NO4-. The number of anilines is 1. The molecule has 0 saturated carbocycles. The number of carboxylic acid groups (broad SMARTS) is 1. The summed E-state index contributed by atoms with van der Waals surface area (Å²) in [5, 5.41) is 14.3. The molecule has 0 saturated heterocycles. The van der Waals surface area contributed by atoms with Crippen LogP contribution >= 0.6 is 0 Å². The fraction of sp³-hybridized carbons (Fsp3) is 0. The van der Waals surface area contributed by atoms with Crippen LogP contribution in [0.5, 0.6) is 0 Å². The molecule has 1 aliphatic rings. The lowest BCUT2D eigenvalue weighted by atomic mass is 10.0. The number of carbonyl (C=O) groups is 2. The average molecular weight is 382 g/mol. The molecule has 3 aromatic carbocycles. The van der Waals surface area contributed by atoms with Crippen molar-refractivity contribution in [3.8, 4) is 11.1 Å². The minimum Gasteiger partial charge on any atom is -0.544 e. The summed E-state index contributed by atoms with van der Waals surface area (Å²) < 4.78 is 5.53. The monoisotopic (exact) mass is 382 g/mol. The van der Waals surface area contributed by atoms with E-state index in [1.165, 1.54) is 6.08 Å². The first-order chi connectivity index (χ1) is 14.1. The van der Waals surface area contributed by atoms with Crippen LogP contribution in [-0.2, 0) is 14.3 Å². The summed E-state index contributed by atoms with van der Waals surface area (Å²) in [6.07, 6.45) is 1.51. The molecule has 0 fully saturated rings. The molecule has 0 radical (unpaired) electrons. The van der Waals surface area contributed by atoms with Crippen LogP contribution in [0.15, 0.2) is 102 Å². The van der Waals surface area contributed by atoms with E-state index in [4.69, 9.17) is 4.74 Å². The van der Waals surface area contributed by atoms with Gasteiger partial charge in [-0.3, -0.25) is 4.79 Å². The van der Waals surface area contributed by atoms with Crippen molar-refractivity contribution in [3.05, 3.63) is 108 Å². The second-order valence-electron chi connectivity index (χ2n) is 6.41. The van der Waals surface area contributed by atoms with E-state index in [1.54, 1.807) is 24.3 Å². The number of hydrogen-bond acceptors (Lipinski definition) is 5. The molecule has 5 nitrogen and oxygen atoms in total. The normalized spacial score (nSPS) is 14.8. The Balaban J connectivity index is 1.59. The number of benzene rings is 3. The molecule has 1 heterocycles. The molecule has 0 atom stereocenters. The molecule has 29 heavy (non-hydrogen) atoms. The molecule has 5 heteroatoms. The molecule has 0 aliphatic carbocycles. The standard InChI is InChI=1S/C24H17NO4/c26-22-20(15-16-11-13-18(14-12-16)17-7-3-1-4-8-17)29-23(21(22)24(27)28)25-19-9-5-2-6-10-19/h1-15,25H,(H,27,28)/p-1/b20-15-. The summed E-state index contributed by atoms with van der Waals surface area (Å²) in [5.74, 6) is -2.53. The van der Waals surface area contributed by atoms with Crippen LogP contribution in [0.3, 0.4) is 0 Å². The van der Waals surface area contributed by atoms with Gasteiger partial charge in [-0.25, -0.2) is 0 Å². The molecule has 0 unspecified atom stereocenters. The minimum atomic E-state index is -1.59. The summed E-state index contributed by atoms with van der Waals surface area (Å²) in [6.45, 7) is 0. The highest BCUT2D eigenvalue weighted by Crippen LogP contribution is 2.28. The molecule has 0 bridgehead atoms. The zero-order valence-electron chi connectivity index (χ0n) is 15.3. The number of carboxylic acids is 1. The van der Waals surface area contributed by atoms with E-state index < -0.39 is 17.3 Å². The highest BCUT2D eigenvalue weighted by molar-refractivity contribution is 6.25. The van der Waals surface area contributed by atoms with Crippen molar-refractivity contribution in [1.82, 2.24) is 0 Å². The van der Waals surface area contributed by atoms with E-state index in [1.807, 2.05) is 60.7 Å². The summed E-state index contributed by atoms with van der Waals surface area (Å²) in [6, 6.07) is 26.3. The topological polar surface area (TPSA) is 78.5 Å². The van der Waals surface area contributed by atoms with Crippen LogP contribution in [0, 0.1) is 0 Å². The molecule has 0 amide bonds. The van der Waals surface area contributed by atoms with E-state index in [0.29, 0.717) is 11.3 Å². The van der Waals surface area contributed by atoms with Crippen molar-refractivity contribution in [2.24, 2.45) is 0 Å². The predicted molar refractivity (Wildman–Crippen MR) is 108 cm³/mol. The van der Waals surface area contributed by atoms with Gasteiger partial charge in [-0.2, -0.15) is 0 Å². The van der Waals surface area contributed by atoms with Gasteiger partial charge in [-0.15, -0.1) is 0 Å². The van der Waals surface area contributed by atoms with Crippen molar-refractivity contribution in [2.45, 2.75) is 0 Å². The van der Waals surface area contributed by atoms with Gasteiger partial charge in [0.15, 0.2) is 5.76 Å². The third-order valence-corrected chi connectivity index (χ3v) is 4.44. The van der Waals surface area contributed by atoms with Gasteiger partial charge in [0, 0.05) is 5.69 Å². The number of rotatable bonds is 5. The average Bonchev–Trinajstić information content (AvgIpc) is 3.05. The molecule has 1 aliphatic heterocycles. The molecule has 0 aromatic heterocycles. The Bertz CT molecular complexity index is 1110. The Kier molecular flexibility index (Phi) is 4.95. The molecule has 3 aromatic rings. The molecular weight excluding hydrogens is 366 g/mol. The lowest BCUT2D eigenvalue weighted by Crippen LogP contribution is -2.28. The first-order valence-electron chi connectivity index (χ1n) is 8.99. The van der Waals surface area contributed by atoms with Gasteiger partial charge >= 0.3 is 0 Å². The number of ether oxygens (including phenoxy) is 1. The van der Waals surface area contributed by atoms with E-state index in [2.05, 4.69) is 5.32 Å². The summed E-state index contributed by atoms with van der Waals surface area (Å²) >= 11 is 0. The number of aliphatic carboxylic acids is 1. The Morgan fingerprint density at radius 2 is 1.41 bits per heavy atom. The smallest absolute Gasteiger partial charge is 0.235 e. The van der Waals surface area contributed by atoms with Crippen LogP contribution in [0.1, 0.15) is 5.56 Å². The van der Waals surface area contributed by atoms with Crippen LogP contribution in [0.2, 0.25) is 0 Å². The number of carbonyl (C=O) groups excluding carboxylic acids is 2. The fourth-order valence-corrected chi connectivity index (χ4v) is 3.01. The highest BCUT2D eigenvalue weighted by atomic mass is 16.5. The SMILES string of the molecule is O=C([O-])C1=C(Nc2ccccc2)O/C(=C\c2ccc(-c3ccccc3)cc2)C1=O. The summed E-state index contributed by atoms with van der Waals surface area (Å²) in [4.78, 5) is 24.0. The van der Waals surface area contributed by atoms with Crippen LogP contribution in [-0.4, -0.2) is 11.8 Å². The summed E-state index contributed by atoms with van der Waals surface area (Å²) in [5.41, 5.74) is 2.90. The van der Waals surface area contributed by atoms with Gasteiger partial charge in [0.05, 0.1) is 5.97 Å². The molecule has 1 N–H and O–H groups in total. The Hall–Kier alpha value is -4.12. The summed E-state index contributed by atoms with van der Waals surface area (Å²) in [7, 11) is 0.